The van der Waals surface area contributed by atoms with Crippen molar-refractivity contribution in [1.82, 2.24) is 9.47 Å². The van der Waals surface area contributed by atoms with E-state index in [1.54, 1.807) is 12.1 Å². The molecule has 1 aliphatic rings. The number of benzene rings is 2. The molecule has 1 saturated heterocycles. The monoisotopic (exact) mass is 426 g/mol. The molecule has 0 N–H and O–H groups in total. The molecule has 1 aromatic heterocycles. The Labute approximate surface area is 179 Å². The van der Waals surface area contributed by atoms with E-state index in [0.29, 0.717) is 23.6 Å². The van der Waals surface area contributed by atoms with Crippen LogP contribution >= 0.6 is 0 Å². The van der Waals surface area contributed by atoms with E-state index in [1.807, 2.05) is 48.2 Å². The molecule has 0 radical (unpaired) electrons. The average Bonchev–Trinajstić information content (AvgIpc) is 3.10. The standard InChI is InChI=1S/C25H25F3N2O/c1-29-17-22(21-7-2-3-8-23(21)29)24(31)10-9-18-11-13-30(14-12-18)16-19-5-4-6-20(15-19)25(26,27)28/h2-10,15,17-18H,11-14,16H2,1H3/b10-9+. The quantitative estimate of drug-likeness (QED) is 0.378. The number of alkyl halides is 3. The molecule has 4 rings (SSSR count). The number of carbonyl (C=O) groups is 1. The van der Waals surface area contributed by atoms with E-state index >= 15 is 0 Å². The molecule has 0 saturated carbocycles. The number of allylic oxidation sites excluding steroid dienone is 2. The van der Waals surface area contributed by atoms with Crippen LogP contribution in [0.25, 0.3) is 10.9 Å². The van der Waals surface area contributed by atoms with Crippen molar-refractivity contribution in [1.29, 1.82) is 0 Å². The number of likely N-dealkylation sites (tertiary alicyclic amines) is 1. The van der Waals surface area contributed by atoms with Crippen molar-refractivity contribution in [2.75, 3.05) is 13.1 Å². The van der Waals surface area contributed by atoms with Crippen molar-refractivity contribution in [2.24, 2.45) is 13.0 Å². The number of halogens is 3. The van der Waals surface area contributed by atoms with Crippen molar-refractivity contribution in [3.8, 4) is 0 Å². The van der Waals surface area contributed by atoms with E-state index in [1.165, 1.54) is 12.1 Å². The van der Waals surface area contributed by atoms with Gasteiger partial charge >= 0.3 is 6.18 Å². The summed E-state index contributed by atoms with van der Waals surface area (Å²) in [6.07, 6.45) is 3.00. The van der Waals surface area contributed by atoms with Gasteiger partial charge in [0, 0.05) is 36.3 Å². The van der Waals surface area contributed by atoms with Gasteiger partial charge in [-0.3, -0.25) is 9.69 Å². The summed E-state index contributed by atoms with van der Waals surface area (Å²) in [6.45, 7) is 2.11. The van der Waals surface area contributed by atoms with E-state index in [9.17, 15) is 18.0 Å². The number of para-hydroxylation sites is 1. The summed E-state index contributed by atoms with van der Waals surface area (Å²) in [4.78, 5) is 14.9. The predicted molar refractivity (Wildman–Crippen MR) is 116 cm³/mol. The lowest BCUT2D eigenvalue weighted by Gasteiger charge is -2.30. The molecular weight excluding hydrogens is 401 g/mol. The number of carbonyl (C=O) groups excluding carboxylic acids is 1. The Kier molecular flexibility index (Phi) is 6.01. The summed E-state index contributed by atoms with van der Waals surface area (Å²) in [6, 6.07) is 13.4. The Hall–Kier alpha value is -2.86. The molecule has 0 bridgehead atoms. The number of hydrogen-bond acceptors (Lipinski definition) is 2. The summed E-state index contributed by atoms with van der Waals surface area (Å²) >= 11 is 0. The molecule has 0 spiro atoms. The largest absolute Gasteiger partial charge is 0.416 e. The highest BCUT2D eigenvalue weighted by Gasteiger charge is 2.30. The zero-order valence-electron chi connectivity index (χ0n) is 17.4. The van der Waals surface area contributed by atoms with E-state index in [0.717, 1.165) is 42.9 Å². The van der Waals surface area contributed by atoms with Gasteiger partial charge in [0.05, 0.1) is 5.56 Å². The van der Waals surface area contributed by atoms with Crippen molar-refractivity contribution < 1.29 is 18.0 Å². The lowest BCUT2D eigenvalue weighted by molar-refractivity contribution is -0.137. The van der Waals surface area contributed by atoms with Gasteiger partial charge in [0.25, 0.3) is 0 Å². The summed E-state index contributed by atoms with van der Waals surface area (Å²) < 4.78 is 40.7. The van der Waals surface area contributed by atoms with Crippen LogP contribution in [-0.4, -0.2) is 28.3 Å². The molecule has 162 valence electrons. The van der Waals surface area contributed by atoms with Crippen LogP contribution in [0.15, 0.2) is 66.9 Å². The molecule has 1 aliphatic heterocycles. The molecule has 3 aromatic rings. The van der Waals surface area contributed by atoms with Gasteiger partial charge in [0.15, 0.2) is 5.78 Å². The number of nitrogens with zero attached hydrogens (tertiary/aromatic N) is 2. The minimum absolute atomic E-state index is 0.00296. The molecule has 31 heavy (non-hydrogen) atoms. The number of hydrogen-bond donors (Lipinski definition) is 0. The third kappa shape index (κ3) is 4.90. The second kappa shape index (κ2) is 8.71. The Bertz CT molecular complexity index is 1110. The maximum atomic E-state index is 12.9. The highest BCUT2D eigenvalue weighted by atomic mass is 19.4. The first-order chi connectivity index (χ1) is 14.8. The van der Waals surface area contributed by atoms with E-state index in [-0.39, 0.29) is 5.78 Å². The fourth-order valence-corrected chi connectivity index (χ4v) is 4.26. The summed E-state index contributed by atoms with van der Waals surface area (Å²) in [5.74, 6) is 0.305. The number of piperidine rings is 1. The second-order valence-corrected chi connectivity index (χ2v) is 8.21. The van der Waals surface area contributed by atoms with Crippen LogP contribution in [0.1, 0.15) is 34.3 Å². The van der Waals surface area contributed by atoms with Crippen LogP contribution in [0.4, 0.5) is 13.2 Å². The van der Waals surface area contributed by atoms with Gasteiger partial charge < -0.3 is 4.57 Å². The Morgan fingerprint density at radius 2 is 1.84 bits per heavy atom. The van der Waals surface area contributed by atoms with Gasteiger partial charge in [-0.05, 0) is 55.6 Å². The second-order valence-electron chi connectivity index (χ2n) is 8.21. The lowest BCUT2D eigenvalue weighted by atomic mass is 9.95. The number of ketones is 1. The fourth-order valence-electron chi connectivity index (χ4n) is 4.26. The van der Waals surface area contributed by atoms with Crippen molar-refractivity contribution in [3.05, 3.63) is 83.6 Å². The molecule has 6 heteroatoms. The number of fused-ring (bicyclic) bond motifs is 1. The first-order valence-corrected chi connectivity index (χ1v) is 10.5. The molecule has 2 aromatic carbocycles. The maximum absolute atomic E-state index is 12.9. The summed E-state index contributed by atoms with van der Waals surface area (Å²) in [5.41, 5.74) is 1.81. The van der Waals surface area contributed by atoms with Crippen LogP contribution < -0.4 is 0 Å². The van der Waals surface area contributed by atoms with Crippen LogP contribution in [-0.2, 0) is 19.8 Å². The van der Waals surface area contributed by atoms with Crippen LogP contribution in [0.5, 0.6) is 0 Å². The Morgan fingerprint density at radius 1 is 1.10 bits per heavy atom. The molecule has 0 unspecified atom stereocenters. The van der Waals surface area contributed by atoms with Crippen LogP contribution in [0.2, 0.25) is 0 Å². The molecular formula is C25H25F3N2O. The summed E-state index contributed by atoms with van der Waals surface area (Å²) in [5, 5.41) is 0.954. The van der Waals surface area contributed by atoms with Gasteiger partial charge in [-0.25, -0.2) is 0 Å². The van der Waals surface area contributed by atoms with Crippen molar-refractivity contribution in [2.45, 2.75) is 25.6 Å². The topological polar surface area (TPSA) is 25.2 Å². The van der Waals surface area contributed by atoms with Gasteiger partial charge in [-0.15, -0.1) is 0 Å². The SMILES string of the molecule is Cn1cc(C(=O)/C=C/C2CCN(Cc3cccc(C(F)(F)F)c3)CC2)c2ccccc21. The van der Waals surface area contributed by atoms with E-state index in [2.05, 4.69) is 4.90 Å². The van der Waals surface area contributed by atoms with Crippen LogP contribution in [0.3, 0.4) is 0 Å². The van der Waals surface area contributed by atoms with Gasteiger partial charge in [-0.1, -0.05) is 42.5 Å². The minimum Gasteiger partial charge on any atom is -0.350 e. The van der Waals surface area contributed by atoms with E-state index < -0.39 is 11.7 Å². The van der Waals surface area contributed by atoms with Crippen molar-refractivity contribution >= 4 is 16.7 Å². The first-order valence-electron chi connectivity index (χ1n) is 10.5. The smallest absolute Gasteiger partial charge is 0.350 e. The lowest BCUT2D eigenvalue weighted by Crippen LogP contribution is -2.32. The van der Waals surface area contributed by atoms with Crippen LogP contribution in [0, 0.1) is 5.92 Å². The minimum atomic E-state index is -4.32. The van der Waals surface area contributed by atoms with Gasteiger partial charge in [-0.2, -0.15) is 13.2 Å². The Balaban J connectivity index is 1.34. The molecule has 2 heterocycles. The Morgan fingerprint density at radius 3 is 2.58 bits per heavy atom. The predicted octanol–water partition coefficient (Wildman–Crippen LogP) is 5.85. The third-order valence-corrected chi connectivity index (χ3v) is 5.97. The number of aromatic nitrogens is 1. The first kappa shape index (κ1) is 21.4. The molecule has 0 amide bonds. The van der Waals surface area contributed by atoms with Gasteiger partial charge in [0.1, 0.15) is 0 Å². The fraction of sp³-hybridized carbons (Fsp3) is 0.320. The summed E-state index contributed by atoms with van der Waals surface area (Å²) in [7, 11) is 1.93. The average molecular weight is 426 g/mol. The molecule has 0 aliphatic carbocycles. The number of rotatable bonds is 5. The third-order valence-electron chi connectivity index (χ3n) is 5.97. The highest BCUT2D eigenvalue weighted by Crippen LogP contribution is 2.30. The normalized spacial score (nSPS) is 16.4. The molecule has 1 fully saturated rings. The number of aryl methyl sites for hydroxylation is 1. The van der Waals surface area contributed by atoms with Crippen molar-refractivity contribution in [3.63, 3.8) is 0 Å². The highest BCUT2D eigenvalue weighted by molar-refractivity contribution is 6.13. The zero-order chi connectivity index (χ0) is 22.0. The van der Waals surface area contributed by atoms with E-state index in [4.69, 9.17) is 0 Å². The maximum Gasteiger partial charge on any atom is 0.416 e. The molecule has 3 nitrogen and oxygen atoms in total. The zero-order valence-corrected chi connectivity index (χ0v) is 17.4. The van der Waals surface area contributed by atoms with Gasteiger partial charge in [0.2, 0.25) is 0 Å². The molecule has 0 atom stereocenters.